The van der Waals surface area contributed by atoms with Gasteiger partial charge in [0, 0.05) is 29.5 Å². The smallest absolute Gasteiger partial charge is 0.352 e. The largest absolute Gasteiger partial charge is 0.504 e. The molecule has 2 atom stereocenters. The van der Waals surface area contributed by atoms with Crippen LogP contribution in [-0.2, 0) is 24.0 Å². The predicted octanol–water partition coefficient (Wildman–Crippen LogP) is 1.15. The number of hydrogen-bond donors (Lipinski definition) is 7. The number of aromatic nitrogens is 1. The number of nitrogens with two attached hydrogens (primary N) is 1. The normalized spacial score (nSPS) is 20.2. The van der Waals surface area contributed by atoms with Gasteiger partial charge in [-0.25, -0.2) is 14.6 Å². The predicted molar refractivity (Wildman–Crippen MR) is 182 cm³/mol. The Morgan fingerprint density at radius 2 is 1.90 bits per heavy atom. The van der Waals surface area contributed by atoms with Crippen LogP contribution in [0.4, 0.5) is 5.13 Å². The van der Waals surface area contributed by atoms with Gasteiger partial charge < -0.3 is 46.1 Å². The van der Waals surface area contributed by atoms with E-state index in [1.807, 2.05) is 0 Å². The first-order valence-electron chi connectivity index (χ1n) is 15.3. The van der Waals surface area contributed by atoms with E-state index in [9.17, 15) is 44.4 Å². The molecule has 17 nitrogen and oxygen atoms in total. The zero-order chi connectivity index (χ0) is 36.5. The minimum absolute atomic E-state index is 0.000322. The highest BCUT2D eigenvalue weighted by Gasteiger charge is 2.55. The van der Waals surface area contributed by atoms with Crippen molar-refractivity contribution in [3.8, 4) is 11.5 Å². The second kappa shape index (κ2) is 14.3. The Morgan fingerprint density at radius 1 is 1.20 bits per heavy atom. The van der Waals surface area contributed by atoms with Crippen molar-refractivity contribution in [1.82, 2.24) is 20.5 Å². The zero-order valence-electron chi connectivity index (χ0n) is 26.8. The van der Waals surface area contributed by atoms with Gasteiger partial charge in [0.2, 0.25) is 5.60 Å². The summed E-state index contributed by atoms with van der Waals surface area (Å²) in [7, 11) is 0. The summed E-state index contributed by atoms with van der Waals surface area (Å²) in [5.74, 6) is -5.52. The van der Waals surface area contributed by atoms with Crippen molar-refractivity contribution in [2.45, 2.75) is 43.7 Å². The summed E-state index contributed by atoms with van der Waals surface area (Å²) in [6.45, 7) is 4.89. The lowest BCUT2D eigenvalue weighted by atomic mass is 10.0. The number of quaternary nitrogens is 1. The van der Waals surface area contributed by atoms with Crippen molar-refractivity contribution < 1.29 is 53.7 Å². The molecule has 0 bridgehead atoms. The highest BCUT2D eigenvalue weighted by atomic mass is 35.5. The molecule has 1 aromatic heterocycles. The Kier molecular flexibility index (Phi) is 10.5. The molecule has 3 aliphatic rings. The van der Waals surface area contributed by atoms with Gasteiger partial charge in [0.25, 0.3) is 17.7 Å². The number of carboxylic acids is 2. The second-order valence-corrected chi connectivity index (χ2v) is 14.8. The molecule has 1 aromatic carbocycles. The highest BCUT2D eigenvalue weighted by Crippen LogP contribution is 2.41. The van der Waals surface area contributed by atoms with Gasteiger partial charge in [-0.1, -0.05) is 16.8 Å². The number of carbonyl (C=O) groups is 5. The number of hydrogen-bond acceptors (Lipinski definition) is 13. The molecule has 0 saturated carbocycles. The number of thiazole rings is 1. The zero-order valence-corrected chi connectivity index (χ0v) is 29.2. The number of thioether (sulfide) groups is 1. The molecule has 0 spiro atoms. The molecule has 2 aromatic rings. The molecule has 2 fully saturated rings. The lowest BCUT2D eigenvalue weighted by molar-refractivity contribution is -0.911. The van der Waals surface area contributed by atoms with E-state index in [4.69, 9.17) is 22.2 Å². The first kappa shape index (κ1) is 36.7. The number of fused-ring (bicyclic) bond motifs is 1. The summed E-state index contributed by atoms with van der Waals surface area (Å²) >= 11 is 8.33. The summed E-state index contributed by atoms with van der Waals surface area (Å²) < 4.78 is 0.470. The third-order valence-corrected chi connectivity index (χ3v) is 11.0. The molecule has 50 heavy (non-hydrogen) atoms. The fourth-order valence-corrected chi connectivity index (χ4v) is 8.05. The third kappa shape index (κ3) is 7.30. The number of carboxylic acid groups (broad SMARTS) is 2. The van der Waals surface area contributed by atoms with Crippen LogP contribution in [0.2, 0.25) is 5.02 Å². The van der Waals surface area contributed by atoms with E-state index in [0.29, 0.717) is 23.1 Å². The standard InChI is InChI=1S/C30H34ClN7O10S2/c1-30(2,28(46)47)48-36-19(16-13-50-29(32)34-16)24(42)35-20-25(43)37-21(27(44)45)14(12-49-26(20)37)11-38(8-3-4-9-38)10-7-33-23(41)15-5-6-17(39)22(40)18(15)31/h5-6,13,20,26H,3-4,7-12H2,1-2H3,(H7-,32,33,34,35,36,39,40,41,42,44,45,46,47)/p+1/t20-,26-/m1/s1. The van der Waals surface area contributed by atoms with Crippen LogP contribution >= 0.6 is 34.7 Å². The van der Waals surface area contributed by atoms with Crippen LogP contribution in [0.1, 0.15) is 42.7 Å². The molecule has 0 aliphatic carbocycles. The van der Waals surface area contributed by atoms with Crippen molar-refractivity contribution >= 4 is 75.2 Å². The average molecular weight is 753 g/mol. The van der Waals surface area contributed by atoms with E-state index < -0.39 is 63.9 Å². The molecule has 8 N–H and O–H groups in total. The maximum absolute atomic E-state index is 13.5. The van der Waals surface area contributed by atoms with Gasteiger partial charge in [-0.2, -0.15) is 0 Å². The lowest BCUT2D eigenvalue weighted by Crippen LogP contribution is -2.71. The van der Waals surface area contributed by atoms with E-state index in [1.54, 1.807) is 0 Å². The van der Waals surface area contributed by atoms with Crippen LogP contribution in [0.25, 0.3) is 0 Å². The number of nitrogen functional groups attached to an aromatic ring is 1. The average Bonchev–Trinajstić information content (AvgIpc) is 3.71. The number of anilines is 1. The summed E-state index contributed by atoms with van der Waals surface area (Å²) in [5, 5.41) is 48.8. The van der Waals surface area contributed by atoms with Gasteiger partial charge in [0.05, 0.1) is 36.8 Å². The van der Waals surface area contributed by atoms with Gasteiger partial charge in [-0.05, 0) is 26.0 Å². The fraction of sp³-hybridized carbons (Fsp3) is 0.433. The second-order valence-electron chi connectivity index (χ2n) is 12.5. The molecule has 0 radical (unpaired) electrons. The van der Waals surface area contributed by atoms with Crippen molar-refractivity contribution in [2.24, 2.45) is 5.16 Å². The number of β-lactam (4-membered cyclic amide) rings is 1. The number of phenolic OH excluding ortho intramolecular Hbond substituents is 2. The van der Waals surface area contributed by atoms with E-state index in [1.165, 1.54) is 37.1 Å². The summed E-state index contributed by atoms with van der Waals surface area (Å²) in [4.78, 5) is 74.1. The van der Waals surface area contributed by atoms with E-state index in [-0.39, 0.29) is 39.4 Å². The number of carbonyl (C=O) groups excluding carboxylic acids is 3. The van der Waals surface area contributed by atoms with Crippen molar-refractivity contribution in [3.63, 3.8) is 0 Å². The van der Waals surface area contributed by atoms with Crippen molar-refractivity contribution in [1.29, 1.82) is 0 Å². The number of amides is 3. The number of halogens is 1. The number of benzene rings is 1. The van der Waals surface area contributed by atoms with Crippen LogP contribution in [0, 0.1) is 0 Å². The Morgan fingerprint density at radius 3 is 2.52 bits per heavy atom. The SMILES string of the molecule is CC(C)(ON=C(C(=O)N[C@@H]1C(=O)N2C(C(=O)O)=C(C[N+]3(CCNC(=O)c4ccc(O)c(O)c4Cl)CCCC3)CS[C@H]12)c1csc(N)n1)C(=O)O. The minimum Gasteiger partial charge on any atom is -0.504 e. The Balaban J connectivity index is 1.29. The highest BCUT2D eigenvalue weighted by molar-refractivity contribution is 8.00. The molecule has 2 saturated heterocycles. The van der Waals surface area contributed by atoms with Crippen LogP contribution < -0.4 is 16.4 Å². The summed E-state index contributed by atoms with van der Waals surface area (Å²) in [5.41, 5.74) is 3.89. The first-order valence-corrected chi connectivity index (χ1v) is 17.6. The summed E-state index contributed by atoms with van der Waals surface area (Å²) in [6.07, 6.45) is 1.77. The maximum atomic E-state index is 13.5. The number of nitrogens with one attached hydrogen (secondary N) is 2. The number of likely N-dealkylation sites (tertiary alicyclic amines) is 1. The molecule has 4 heterocycles. The Bertz CT molecular complexity index is 1810. The van der Waals surface area contributed by atoms with Crippen LogP contribution in [-0.4, -0.2) is 126 Å². The first-order chi connectivity index (χ1) is 23.5. The van der Waals surface area contributed by atoms with E-state index >= 15 is 0 Å². The number of rotatable bonds is 13. The molecule has 3 aliphatic heterocycles. The Hall–Kier alpha value is -4.59. The molecule has 20 heteroatoms. The molecule has 5 rings (SSSR count). The van der Waals surface area contributed by atoms with E-state index in [0.717, 1.165) is 48.2 Å². The quantitative estimate of drug-likeness (QED) is 0.0499. The van der Waals surface area contributed by atoms with Gasteiger partial charge in [0.1, 0.15) is 29.4 Å². The van der Waals surface area contributed by atoms with Crippen LogP contribution in [0.15, 0.2) is 33.9 Å². The van der Waals surface area contributed by atoms with E-state index in [2.05, 4.69) is 20.8 Å². The van der Waals surface area contributed by atoms with Crippen LogP contribution in [0.3, 0.4) is 0 Å². The number of nitrogens with zero attached hydrogens (tertiary/aromatic N) is 4. The fourth-order valence-electron chi connectivity index (χ4n) is 5.92. The Labute approximate surface area is 298 Å². The molecule has 0 unspecified atom stereocenters. The van der Waals surface area contributed by atoms with Gasteiger partial charge >= 0.3 is 11.9 Å². The molecule has 3 amide bonds. The van der Waals surface area contributed by atoms with Gasteiger partial charge in [0.15, 0.2) is 22.3 Å². The van der Waals surface area contributed by atoms with Crippen molar-refractivity contribution in [3.05, 3.63) is 45.1 Å². The molecular weight excluding hydrogens is 718 g/mol. The van der Waals surface area contributed by atoms with Crippen molar-refractivity contribution in [2.75, 3.05) is 44.2 Å². The third-order valence-electron chi connectivity index (χ3n) is 8.65. The monoisotopic (exact) mass is 752 g/mol. The number of aliphatic carboxylic acids is 2. The van der Waals surface area contributed by atoms with Gasteiger partial charge in [-0.15, -0.1) is 23.1 Å². The minimum atomic E-state index is -1.79. The molecule has 268 valence electrons. The molecular formula is C30H35ClN7O10S2+. The number of phenols is 2. The number of aromatic hydroxyl groups is 2. The maximum Gasteiger partial charge on any atom is 0.352 e. The number of oxime groups is 1. The lowest BCUT2D eigenvalue weighted by Gasteiger charge is -2.50. The van der Waals surface area contributed by atoms with Gasteiger partial charge in [-0.3, -0.25) is 19.3 Å². The topological polar surface area (TPSA) is 254 Å². The summed E-state index contributed by atoms with van der Waals surface area (Å²) in [6, 6.07) is 1.34. The van der Waals surface area contributed by atoms with Crippen LogP contribution in [0.5, 0.6) is 11.5 Å².